The quantitative estimate of drug-likeness (QED) is 0.239. The number of carbonyl (C=O) groups excluding carboxylic acids is 1. The van der Waals surface area contributed by atoms with E-state index >= 15 is 0 Å². The van der Waals surface area contributed by atoms with E-state index in [9.17, 15) is 4.79 Å². The van der Waals surface area contributed by atoms with Gasteiger partial charge in [-0.15, -0.1) is 0 Å². The first-order valence-corrected chi connectivity index (χ1v) is 12.4. The molecule has 0 saturated heterocycles. The van der Waals surface area contributed by atoms with Gasteiger partial charge in [0.05, 0.1) is 10.9 Å². The number of hydrogen-bond donors (Lipinski definition) is 0. The summed E-state index contributed by atoms with van der Waals surface area (Å²) in [7, 11) is -0.219. The van der Waals surface area contributed by atoms with Gasteiger partial charge in [0.2, 0.25) is 0 Å². The monoisotopic (exact) mass is 449 g/mol. The third-order valence-electron chi connectivity index (χ3n) is 5.61. The minimum absolute atomic E-state index is 0.0622. The van der Waals surface area contributed by atoms with Crippen LogP contribution >= 0.6 is 0 Å². The molecule has 0 spiro atoms. The van der Waals surface area contributed by atoms with Crippen molar-refractivity contribution >= 4 is 16.9 Å². The molecule has 1 atom stereocenters. The summed E-state index contributed by atoms with van der Waals surface area (Å²) in [5.74, 6) is 0.465. The third-order valence-corrected chi connectivity index (χ3v) is 7.57. The van der Waals surface area contributed by atoms with Crippen molar-refractivity contribution in [3.8, 4) is 5.75 Å². The van der Waals surface area contributed by atoms with Crippen molar-refractivity contribution in [2.45, 2.75) is 61.8 Å². The van der Waals surface area contributed by atoms with Gasteiger partial charge in [0.25, 0.3) is 0 Å². The first-order chi connectivity index (χ1) is 15.4. The van der Waals surface area contributed by atoms with Gasteiger partial charge in [-0.05, 0) is 75.8 Å². The Morgan fingerprint density at radius 2 is 1.69 bits per heavy atom. The molecule has 0 aliphatic heterocycles. The fourth-order valence-corrected chi connectivity index (χ4v) is 5.94. The number of aryl methyl sites for hydroxylation is 2. The van der Waals surface area contributed by atoms with Crippen molar-refractivity contribution in [3.05, 3.63) is 89.9 Å². The highest BCUT2D eigenvalue weighted by molar-refractivity contribution is 7.99. The topological polar surface area (TPSA) is 35.5 Å². The Labute approximate surface area is 195 Å². The lowest BCUT2D eigenvalue weighted by Gasteiger charge is -2.24. The maximum Gasteiger partial charge on any atom is 0.344 e. The number of ether oxygens (including phenoxy) is 2. The highest BCUT2D eigenvalue weighted by Crippen LogP contribution is 2.34. The fourth-order valence-electron chi connectivity index (χ4n) is 4.05. The van der Waals surface area contributed by atoms with E-state index in [0.29, 0.717) is 0 Å². The van der Waals surface area contributed by atoms with Crippen molar-refractivity contribution in [1.29, 1.82) is 0 Å². The molecule has 3 rings (SSSR count). The first-order valence-electron chi connectivity index (χ1n) is 11.1. The highest BCUT2D eigenvalue weighted by atomic mass is 32.2. The van der Waals surface area contributed by atoms with E-state index in [1.165, 1.54) is 9.79 Å². The van der Waals surface area contributed by atoms with Gasteiger partial charge in [0.15, 0.2) is 16.4 Å². The SMILES string of the molecule is C=C/C=C\C=C\[S+](c1ccccc1)c1cc(C)c(OCC(=O)OC2(C)CCCC2)c(C)c1. The summed E-state index contributed by atoms with van der Waals surface area (Å²) in [6.45, 7) is 9.74. The highest BCUT2D eigenvalue weighted by Gasteiger charge is 2.32. The molecule has 4 heteroatoms. The van der Waals surface area contributed by atoms with E-state index in [1.54, 1.807) is 6.08 Å². The molecule has 0 aromatic heterocycles. The minimum Gasteiger partial charge on any atom is -0.481 e. The van der Waals surface area contributed by atoms with Gasteiger partial charge < -0.3 is 9.47 Å². The zero-order valence-electron chi connectivity index (χ0n) is 19.3. The maximum atomic E-state index is 12.4. The second-order valence-electron chi connectivity index (χ2n) is 8.41. The van der Waals surface area contributed by atoms with Crippen LogP contribution in [0.25, 0.3) is 0 Å². The standard InChI is InChI=1S/C28H33O3S/c1-5-6-7-13-18-32(24-14-9-8-10-15-24)25-19-22(2)27(23(3)20-25)30-21-26(29)31-28(4)16-11-12-17-28/h5-10,13-15,18-20H,1,11-12,16-17,21H2,2-4H3/q+1/b7-6-,18-13+. The Morgan fingerprint density at radius 3 is 2.31 bits per heavy atom. The number of hydrogen-bond acceptors (Lipinski definition) is 3. The molecule has 1 aliphatic carbocycles. The number of rotatable bonds is 9. The number of esters is 1. The fraction of sp³-hybridized carbons (Fsp3) is 0.321. The van der Waals surface area contributed by atoms with E-state index in [1.807, 2.05) is 39.0 Å². The molecule has 0 bridgehead atoms. The Morgan fingerprint density at radius 1 is 1.03 bits per heavy atom. The molecule has 32 heavy (non-hydrogen) atoms. The molecule has 2 aromatic carbocycles. The van der Waals surface area contributed by atoms with Crippen LogP contribution in [0.3, 0.4) is 0 Å². The molecule has 1 unspecified atom stereocenters. The van der Waals surface area contributed by atoms with E-state index in [2.05, 4.69) is 54.5 Å². The summed E-state index contributed by atoms with van der Waals surface area (Å²) in [4.78, 5) is 14.8. The first kappa shape index (κ1) is 23.9. The average Bonchev–Trinajstić information content (AvgIpc) is 3.19. The Kier molecular flexibility index (Phi) is 8.40. The summed E-state index contributed by atoms with van der Waals surface area (Å²) in [6.07, 6.45) is 11.8. The van der Waals surface area contributed by atoms with Gasteiger partial charge >= 0.3 is 5.97 Å². The summed E-state index contributed by atoms with van der Waals surface area (Å²) >= 11 is 0. The Hall–Kier alpha value is -2.72. The Bertz CT molecular complexity index is 962. The average molecular weight is 450 g/mol. The number of benzene rings is 2. The largest absolute Gasteiger partial charge is 0.481 e. The molecule has 2 aromatic rings. The van der Waals surface area contributed by atoms with Gasteiger partial charge in [-0.1, -0.05) is 43.0 Å². The molecular formula is C28H33O3S+. The number of allylic oxidation sites excluding steroid dienone is 4. The van der Waals surface area contributed by atoms with E-state index in [0.717, 1.165) is 42.6 Å². The Balaban J connectivity index is 1.77. The van der Waals surface area contributed by atoms with Crippen molar-refractivity contribution in [3.63, 3.8) is 0 Å². The van der Waals surface area contributed by atoms with Crippen molar-refractivity contribution in [2.24, 2.45) is 0 Å². The van der Waals surface area contributed by atoms with Crippen molar-refractivity contribution in [1.82, 2.24) is 0 Å². The van der Waals surface area contributed by atoms with Crippen LogP contribution in [-0.4, -0.2) is 18.2 Å². The van der Waals surface area contributed by atoms with E-state index in [4.69, 9.17) is 9.47 Å². The minimum atomic E-state index is -0.329. The van der Waals surface area contributed by atoms with Crippen LogP contribution in [0.15, 0.2) is 88.5 Å². The molecular weight excluding hydrogens is 416 g/mol. The van der Waals surface area contributed by atoms with Gasteiger partial charge in [0, 0.05) is 12.1 Å². The second kappa shape index (κ2) is 11.2. The molecule has 168 valence electrons. The van der Waals surface area contributed by atoms with Crippen LogP contribution < -0.4 is 4.74 Å². The van der Waals surface area contributed by atoms with Crippen LogP contribution in [0.1, 0.15) is 43.7 Å². The van der Waals surface area contributed by atoms with Crippen LogP contribution in [0.5, 0.6) is 5.75 Å². The molecule has 1 saturated carbocycles. The number of carbonyl (C=O) groups is 1. The summed E-state index contributed by atoms with van der Waals surface area (Å²) in [6, 6.07) is 14.8. The lowest BCUT2D eigenvalue weighted by molar-refractivity contribution is -0.159. The lowest BCUT2D eigenvalue weighted by Crippen LogP contribution is -2.30. The lowest BCUT2D eigenvalue weighted by atomic mass is 10.1. The molecule has 0 N–H and O–H groups in total. The van der Waals surface area contributed by atoms with Crippen molar-refractivity contribution < 1.29 is 14.3 Å². The molecule has 1 aliphatic rings. The summed E-state index contributed by atoms with van der Waals surface area (Å²) in [5, 5.41) is 2.21. The molecule has 0 amide bonds. The second-order valence-corrected chi connectivity index (χ2v) is 10.3. The predicted octanol–water partition coefficient (Wildman–Crippen LogP) is 6.85. The molecule has 3 nitrogen and oxygen atoms in total. The van der Waals surface area contributed by atoms with Crippen LogP contribution in [0, 0.1) is 13.8 Å². The van der Waals surface area contributed by atoms with Gasteiger partial charge in [0.1, 0.15) is 16.8 Å². The van der Waals surface area contributed by atoms with Crippen molar-refractivity contribution in [2.75, 3.05) is 6.61 Å². The van der Waals surface area contributed by atoms with E-state index < -0.39 is 0 Å². The van der Waals surface area contributed by atoms with Gasteiger partial charge in [-0.25, -0.2) is 4.79 Å². The summed E-state index contributed by atoms with van der Waals surface area (Å²) < 4.78 is 11.6. The van der Waals surface area contributed by atoms with Crippen LogP contribution in [0.2, 0.25) is 0 Å². The van der Waals surface area contributed by atoms with Crippen LogP contribution in [-0.2, 0) is 20.4 Å². The smallest absolute Gasteiger partial charge is 0.344 e. The van der Waals surface area contributed by atoms with Gasteiger partial charge in [-0.2, -0.15) is 0 Å². The normalized spacial score (nSPS) is 16.3. The molecule has 0 radical (unpaired) electrons. The zero-order chi connectivity index (χ0) is 23.0. The zero-order valence-corrected chi connectivity index (χ0v) is 20.1. The third kappa shape index (κ3) is 6.39. The maximum absolute atomic E-state index is 12.4. The van der Waals surface area contributed by atoms with Gasteiger partial charge in [-0.3, -0.25) is 0 Å². The molecule has 1 fully saturated rings. The predicted molar refractivity (Wildman–Crippen MR) is 133 cm³/mol. The van der Waals surface area contributed by atoms with Crippen LogP contribution in [0.4, 0.5) is 0 Å². The van der Waals surface area contributed by atoms with E-state index in [-0.39, 0.29) is 29.1 Å². The summed E-state index contributed by atoms with van der Waals surface area (Å²) in [5.41, 5.74) is 1.71. The molecule has 0 heterocycles.